The molecule has 1 amide bonds. The predicted molar refractivity (Wildman–Crippen MR) is 81.2 cm³/mol. The number of nitrogens with one attached hydrogen (secondary N) is 2. The molecular weight excluding hydrogens is 276 g/mol. The lowest BCUT2D eigenvalue weighted by Gasteiger charge is -2.11. The van der Waals surface area contributed by atoms with Crippen molar-refractivity contribution in [3.8, 4) is 0 Å². The molecule has 0 aromatic carbocycles. The second-order valence-electron chi connectivity index (χ2n) is 5.24. The number of carbonyl (C=O) groups is 1. The molecular formula is C13H22N4O2S. The molecule has 4 N–H and O–H groups in total. The Labute approximate surface area is 123 Å². The zero-order valence-corrected chi connectivity index (χ0v) is 12.8. The van der Waals surface area contributed by atoms with E-state index in [1.54, 1.807) is 7.11 Å². The number of carbonyl (C=O) groups excluding carboxylic acids is 1. The molecule has 1 heterocycles. The number of thiazole rings is 1. The SMILES string of the molecule is COCCNc1nc(N)c(C(=O)NC2CCC(C)C2)s1. The number of hydrogen-bond acceptors (Lipinski definition) is 6. The lowest BCUT2D eigenvalue weighted by molar-refractivity contribution is 0.0942. The Bertz CT molecular complexity index is 463. The van der Waals surface area contributed by atoms with Gasteiger partial charge in [0.2, 0.25) is 0 Å². The zero-order chi connectivity index (χ0) is 14.5. The molecule has 7 heteroatoms. The van der Waals surface area contributed by atoms with Gasteiger partial charge in [0.1, 0.15) is 10.7 Å². The van der Waals surface area contributed by atoms with Crippen LogP contribution in [-0.2, 0) is 4.74 Å². The highest BCUT2D eigenvalue weighted by molar-refractivity contribution is 7.18. The van der Waals surface area contributed by atoms with Crippen LogP contribution in [-0.4, -0.2) is 37.2 Å². The number of nitrogen functional groups attached to an aromatic ring is 1. The van der Waals surface area contributed by atoms with Crippen LogP contribution in [0.2, 0.25) is 0 Å². The summed E-state index contributed by atoms with van der Waals surface area (Å²) in [4.78, 5) is 16.9. The third-order valence-electron chi connectivity index (χ3n) is 3.47. The summed E-state index contributed by atoms with van der Waals surface area (Å²) in [7, 11) is 1.64. The molecule has 1 saturated carbocycles. The highest BCUT2D eigenvalue weighted by atomic mass is 32.1. The number of nitrogens with zero attached hydrogens (tertiary/aromatic N) is 1. The number of anilines is 2. The first-order valence-corrected chi connectivity index (χ1v) is 7.71. The molecule has 112 valence electrons. The van der Waals surface area contributed by atoms with Crippen LogP contribution >= 0.6 is 11.3 Å². The summed E-state index contributed by atoms with van der Waals surface area (Å²) in [6, 6.07) is 0.268. The van der Waals surface area contributed by atoms with Crippen molar-refractivity contribution in [3.05, 3.63) is 4.88 Å². The molecule has 0 bridgehead atoms. The second-order valence-corrected chi connectivity index (χ2v) is 6.24. The number of aromatic nitrogens is 1. The van der Waals surface area contributed by atoms with Gasteiger partial charge < -0.3 is 21.1 Å². The molecule has 0 saturated heterocycles. The molecule has 20 heavy (non-hydrogen) atoms. The van der Waals surface area contributed by atoms with E-state index in [0.717, 1.165) is 12.8 Å². The fraction of sp³-hybridized carbons (Fsp3) is 0.692. The smallest absolute Gasteiger partial charge is 0.265 e. The summed E-state index contributed by atoms with van der Waals surface area (Å²) >= 11 is 1.29. The first-order valence-electron chi connectivity index (χ1n) is 6.90. The van der Waals surface area contributed by atoms with Crippen molar-refractivity contribution in [1.82, 2.24) is 10.3 Å². The van der Waals surface area contributed by atoms with Crippen LogP contribution in [0.4, 0.5) is 10.9 Å². The topological polar surface area (TPSA) is 89.3 Å². The molecule has 2 unspecified atom stereocenters. The van der Waals surface area contributed by atoms with E-state index < -0.39 is 0 Å². The van der Waals surface area contributed by atoms with E-state index in [1.165, 1.54) is 17.8 Å². The maximum absolute atomic E-state index is 12.2. The minimum Gasteiger partial charge on any atom is -0.383 e. The number of hydrogen-bond donors (Lipinski definition) is 3. The largest absolute Gasteiger partial charge is 0.383 e. The van der Waals surface area contributed by atoms with Crippen LogP contribution in [0.1, 0.15) is 35.9 Å². The van der Waals surface area contributed by atoms with Crippen molar-refractivity contribution >= 4 is 28.2 Å². The summed E-state index contributed by atoms with van der Waals surface area (Å²) in [5.74, 6) is 0.864. The van der Waals surface area contributed by atoms with Crippen molar-refractivity contribution in [2.75, 3.05) is 31.3 Å². The second kappa shape index (κ2) is 6.90. The maximum atomic E-state index is 12.2. The Balaban J connectivity index is 1.92. The van der Waals surface area contributed by atoms with Crippen molar-refractivity contribution in [3.63, 3.8) is 0 Å². The lowest BCUT2D eigenvalue weighted by atomic mass is 10.1. The van der Waals surface area contributed by atoms with E-state index in [9.17, 15) is 4.79 Å². The van der Waals surface area contributed by atoms with Crippen LogP contribution in [0.25, 0.3) is 0 Å². The summed E-state index contributed by atoms with van der Waals surface area (Å²) in [5.41, 5.74) is 5.82. The Morgan fingerprint density at radius 2 is 2.35 bits per heavy atom. The molecule has 1 aromatic rings. The van der Waals surface area contributed by atoms with E-state index in [1.807, 2.05) is 0 Å². The summed E-state index contributed by atoms with van der Waals surface area (Å²) in [6.45, 7) is 3.44. The molecule has 0 aliphatic heterocycles. The Morgan fingerprint density at radius 3 is 3.00 bits per heavy atom. The summed E-state index contributed by atoms with van der Waals surface area (Å²) < 4.78 is 4.95. The standard InChI is InChI=1S/C13H22N4O2S/c1-8-3-4-9(7-8)16-12(18)10-11(14)17-13(20-10)15-5-6-19-2/h8-9H,3-7,14H2,1-2H3,(H,15,17)(H,16,18). The fourth-order valence-electron chi connectivity index (χ4n) is 2.42. The minimum atomic E-state index is -0.112. The van der Waals surface area contributed by atoms with E-state index in [2.05, 4.69) is 22.5 Å². The highest BCUT2D eigenvalue weighted by Gasteiger charge is 2.25. The van der Waals surface area contributed by atoms with E-state index in [4.69, 9.17) is 10.5 Å². The molecule has 1 aromatic heterocycles. The third-order valence-corrected chi connectivity index (χ3v) is 4.50. The van der Waals surface area contributed by atoms with Gasteiger partial charge in [0, 0.05) is 19.7 Å². The summed E-state index contributed by atoms with van der Waals surface area (Å²) in [6.07, 6.45) is 3.26. The molecule has 0 spiro atoms. The van der Waals surface area contributed by atoms with Gasteiger partial charge in [0.15, 0.2) is 5.13 Å². The van der Waals surface area contributed by atoms with Gasteiger partial charge in [-0.25, -0.2) is 4.98 Å². The monoisotopic (exact) mass is 298 g/mol. The summed E-state index contributed by atoms with van der Waals surface area (Å²) in [5, 5.41) is 6.79. The van der Waals surface area contributed by atoms with Gasteiger partial charge >= 0.3 is 0 Å². The van der Waals surface area contributed by atoms with Gasteiger partial charge in [-0.2, -0.15) is 0 Å². The van der Waals surface area contributed by atoms with Crippen LogP contribution in [0, 0.1) is 5.92 Å². The van der Waals surface area contributed by atoms with E-state index in [-0.39, 0.29) is 11.9 Å². The lowest BCUT2D eigenvalue weighted by Crippen LogP contribution is -2.32. The number of amides is 1. The predicted octanol–water partition coefficient (Wildman–Crippen LogP) is 1.70. The van der Waals surface area contributed by atoms with Crippen molar-refractivity contribution in [2.45, 2.75) is 32.2 Å². The minimum absolute atomic E-state index is 0.112. The molecule has 1 aliphatic rings. The Hall–Kier alpha value is -1.34. The quantitative estimate of drug-likeness (QED) is 0.696. The van der Waals surface area contributed by atoms with Gasteiger partial charge in [0.25, 0.3) is 5.91 Å². The van der Waals surface area contributed by atoms with Gasteiger partial charge in [-0.3, -0.25) is 4.79 Å². The van der Waals surface area contributed by atoms with Crippen molar-refractivity contribution in [1.29, 1.82) is 0 Å². The normalized spacial score (nSPS) is 21.9. The highest BCUT2D eigenvalue weighted by Crippen LogP contribution is 2.27. The van der Waals surface area contributed by atoms with Crippen LogP contribution < -0.4 is 16.4 Å². The average molecular weight is 298 g/mol. The van der Waals surface area contributed by atoms with Gasteiger partial charge in [-0.15, -0.1) is 0 Å². The van der Waals surface area contributed by atoms with Crippen molar-refractivity contribution < 1.29 is 9.53 Å². The molecule has 0 radical (unpaired) electrons. The first kappa shape index (κ1) is 15.1. The molecule has 1 aliphatic carbocycles. The molecule has 2 atom stereocenters. The maximum Gasteiger partial charge on any atom is 0.265 e. The van der Waals surface area contributed by atoms with Gasteiger partial charge in [-0.1, -0.05) is 18.3 Å². The van der Waals surface area contributed by atoms with Crippen LogP contribution in [0.5, 0.6) is 0 Å². The van der Waals surface area contributed by atoms with Gasteiger partial charge in [-0.05, 0) is 25.2 Å². The number of methoxy groups -OCH3 is 1. The van der Waals surface area contributed by atoms with E-state index in [0.29, 0.717) is 34.9 Å². The fourth-order valence-corrected chi connectivity index (χ4v) is 3.23. The number of rotatable bonds is 6. The first-order chi connectivity index (χ1) is 9.60. The van der Waals surface area contributed by atoms with Crippen LogP contribution in [0.15, 0.2) is 0 Å². The van der Waals surface area contributed by atoms with Crippen molar-refractivity contribution in [2.24, 2.45) is 5.92 Å². The zero-order valence-electron chi connectivity index (χ0n) is 11.9. The molecule has 2 rings (SSSR count). The molecule has 6 nitrogen and oxygen atoms in total. The third kappa shape index (κ3) is 3.83. The number of nitrogens with two attached hydrogens (primary N) is 1. The van der Waals surface area contributed by atoms with E-state index >= 15 is 0 Å². The Kier molecular flexibility index (Phi) is 5.19. The molecule has 1 fully saturated rings. The average Bonchev–Trinajstić information content (AvgIpc) is 2.96. The Morgan fingerprint density at radius 1 is 1.55 bits per heavy atom. The number of ether oxygens (including phenoxy) is 1. The van der Waals surface area contributed by atoms with Gasteiger partial charge in [0.05, 0.1) is 6.61 Å². The van der Waals surface area contributed by atoms with Crippen LogP contribution in [0.3, 0.4) is 0 Å².